The predicted octanol–water partition coefficient (Wildman–Crippen LogP) is 2.38. The third-order valence-corrected chi connectivity index (χ3v) is 4.40. The SMILES string of the molecule is COc1ccc2[nH]c(C(=O)NCCc3noc([C@H]4CCCO4)n3)cc2c1. The van der Waals surface area contributed by atoms with Crippen LogP contribution in [-0.4, -0.2) is 41.3 Å². The average Bonchev–Trinajstić information content (AvgIpc) is 3.39. The summed E-state index contributed by atoms with van der Waals surface area (Å²) < 4.78 is 16.0. The predicted molar refractivity (Wildman–Crippen MR) is 93.1 cm³/mol. The highest BCUT2D eigenvalue weighted by Gasteiger charge is 2.23. The van der Waals surface area contributed by atoms with Gasteiger partial charge in [-0.05, 0) is 37.1 Å². The van der Waals surface area contributed by atoms with Crippen molar-refractivity contribution in [1.82, 2.24) is 20.4 Å². The second-order valence-corrected chi connectivity index (χ2v) is 6.19. The number of hydrogen-bond acceptors (Lipinski definition) is 6. The summed E-state index contributed by atoms with van der Waals surface area (Å²) in [7, 11) is 1.61. The van der Waals surface area contributed by atoms with Gasteiger partial charge in [-0.3, -0.25) is 4.79 Å². The maximum atomic E-state index is 12.3. The maximum Gasteiger partial charge on any atom is 0.267 e. The van der Waals surface area contributed by atoms with Crippen LogP contribution in [0.2, 0.25) is 0 Å². The van der Waals surface area contributed by atoms with Gasteiger partial charge < -0.3 is 24.3 Å². The third kappa shape index (κ3) is 3.41. The molecule has 3 aromatic rings. The van der Waals surface area contributed by atoms with E-state index in [1.54, 1.807) is 13.2 Å². The van der Waals surface area contributed by atoms with Crippen LogP contribution in [0.4, 0.5) is 0 Å². The Morgan fingerprint density at radius 3 is 3.15 bits per heavy atom. The molecule has 3 heterocycles. The Labute approximate surface area is 149 Å². The summed E-state index contributed by atoms with van der Waals surface area (Å²) in [5.41, 5.74) is 1.39. The smallest absolute Gasteiger partial charge is 0.267 e. The number of fused-ring (bicyclic) bond motifs is 1. The summed E-state index contributed by atoms with van der Waals surface area (Å²) in [6.07, 6.45) is 2.32. The molecule has 1 aliphatic heterocycles. The summed E-state index contributed by atoms with van der Waals surface area (Å²) in [5.74, 6) is 1.66. The molecule has 0 radical (unpaired) electrons. The highest BCUT2D eigenvalue weighted by molar-refractivity contribution is 5.98. The fourth-order valence-electron chi connectivity index (χ4n) is 3.02. The minimum absolute atomic E-state index is 0.0887. The Kier molecular flexibility index (Phi) is 4.57. The molecule has 1 aliphatic rings. The number of methoxy groups -OCH3 is 1. The number of benzene rings is 1. The standard InChI is InChI=1S/C18H20N4O4/c1-24-12-4-5-13-11(9-12)10-14(20-13)17(23)19-7-6-16-21-18(26-22-16)15-3-2-8-25-15/h4-5,9-10,15,20H,2-3,6-8H2,1H3,(H,19,23)/t15-/m1/s1. The Morgan fingerprint density at radius 2 is 2.35 bits per heavy atom. The molecule has 1 fully saturated rings. The molecule has 0 bridgehead atoms. The topological polar surface area (TPSA) is 102 Å². The number of hydrogen-bond donors (Lipinski definition) is 2. The van der Waals surface area contributed by atoms with Crippen LogP contribution in [0.5, 0.6) is 5.75 Å². The largest absolute Gasteiger partial charge is 0.497 e. The quantitative estimate of drug-likeness (QED) is 0.703. The molecule has 0 unspecified atom stereocenters. The number of aromatic amines is 1. The number of carbonyl (C=O) groups excluding carboxylic acids is 1. The average molecular weight is 356 g/mol. The molecule has 26 heavy (non-hydrogen) atoms. The van der Waals surface area contributed by atoms with Gasteiger partial charge in [0, 0.05) is 30.5 Å². The van der Waals surface area contributed by atoms with E-state index in [2.05, 4.69) is 20.4 Å². The number of carbonyl (C=O) groups is 1. The fourth-order valence-corrected chi connectivity index (χ4v) is 3.02. The molecule has 1 atom stereocenters. The van der Waals surface area contributed by atoms with E-state index in [-0.39, 0.29) is 12.0 Å². The van der Waals surface area contributed by atoms with Crippen molar-refractivity contribution in [2.75, 3.05) is 20.3 Å². The number of nitrogens with one attached hydrogen (secondary N) is 2. The first-order valence-electron chi connectivity index (χ1n) is 8.62. The first-order chi connectivity index (χ1) is 12.7. The third-order valence-electron chi connectivity index (χ3n) is 4.40. The second-order valence-electron chi connectivity index (χ2n) is 6.19. The summed E-state index contributed by atoms with van der Waals surface area (Å²) in [4.78, 5) is 19.8. The van der Waals surface area contributed by atoms with Crippen LogP contribution < -0.4 is 10.1 Å². The van der Waals surface area contributed by atoms with E-state index in [1.807, 2.05) is 18.2 Å². The molecule has 1 saturated heterocycles. The molecule has 1 amide bonds. The number of H-pyrrole nitrogens is 1. The minimum Gasteiger partial charge on any atom is -0.497 e. The van der Waals surface area contributed by atoms with E-state index >= 15 is 0 Å². The Hall–Kier alpha value is -2.87. The lowest BCUT2D eigenvalue weighted by Gasteiger charge is -2.01. The zero-order valence-electron chi connectivity index (χ0n) is 14.4. The van der Waals surface area contributed by atoms with Crippen molar-refractivity contribution < 1.29 is 18.8 Å². The zero-order valence-corrected chi connectivity index (χ0v) is 14.4. The van der Waals surface area contributed by atoms with Crippen molar-refractivity contribution in [1.29, 1.82) is 0 Å². The van der Waals surface area contributed by atoms with Gasteiger partial charge in [0.15, 0.2) is 5.82 Å². The van der Waals surface area contributed by atoms with E-state index < -0.39 is 0 Å². The van der Waals surface area contributed by atoms with E-state index in [9.17, 15) is 4.79 Å². The molecule has 136 valence electrons. The molecular formula is C18H20N4O4. The fraction of sp³-hybridized carbons (Fsp3) is 0.389. The van der Waals surface area contributed by atoms with E-state index in [4.69, 9.17) is 14.0 Å². The first kappa shape index (κ1) is 16.6. The van der Waals surface area contributed by atoms with Gasteiger partial charge in [0.05, 0.1) is 7.11 Å². The van der Waals surface area contributed by atoms with E-state index in [0.29, 0.717) is 30.4 Å². The van der Waals surface area contributed by atoms with Gasteiger partial charge in [-0.15, -0.1) is 0 Å². The highest BCUT2D eigenvalue weighted by atomic mass is 16.5. The number of aromatic nitrogens is 3. The molecule has 2 aromatic heterocycles. The van der Waals surface area contributed by atoms with Crippen molar-refractivity contribution in [3.05, 3.63) is 41.7 Å². The summed E-state index contributed by atoms with van der Waals surface area (Å²) in [6, 6.07) is 7.42. The number of rotatable bonds is 6. The van der Waals surface area contributed by atoms with Crippen LogP contribution in [0.3, 0.4) is 0 Å². The minimum atomic E-state index is -0.178. The van der Waals surface area contributed by atoms with Gasteiger partial charge in [0.1, 0.15) is 17.5 Å². The van der Waals surface area contributed by atoms with Crippen molar-refractivity contribution in [2.24, 2.45) is 0 Å². The lowest BCUT2D eigenvalue weighted by Crippen LogP contribution is -2.26. The van der Waals surface area contributed by atoms with Crippen LogP contribution >= 0.6 is 0 Å². The molecule has 0 spiro atoms. The van der Waals surface area contributed by atoms with Gasteiger partial charge in [-0.2, -0.15) is 4.98 Å². The van der Waals surface area contributed by atoms with Crippen molar-refractivity contribution in [2.45, 2.75) is 25.4 Å². The lowest BCUT2D eigenvalue weighted by molar-refractivity contribution is 0.0835. The molecular weight excluding hydrogens is 336 g/mol. The van der Waals surface area contributed by atoms with E-state index in [1.165, 1.54) is 0 Å². The van der Waals surface area contributed by atoms with Gasteiger partial charge in [0.25, 0.3) is 11.8 Å². The lowest BCUT2D eigenvalue weighted by atomic mass is 10.2. The van der Waals surface area contributed by atoms with Gasteiger partial charge >= 0.3 is 0 Å². The van der Waals surface area contributed by atoms with Gasteiger partial charge in [-0.1, -0.05) is 5.16 Å². The van der Waals surface area contributed by atoms with Crippen LogP contribution in [0, 0.1) is 0 Å². The summed E-state index contributed by atoms with van der Waals surface area (Å²) >= 11 is 0. The van der Waals surface area contributed by atoms with Crippen molar-refractivity contribution in [3.63, 3.8) is 0 Å². The van der Waals surface area contributed by atoms with Gasteiger partial charge in [0.2, 0.25) is 0 Å². The molecule has 0 aliphatic carbocycles. The Bertz CT molecular complexity index is 911. The first-order valence-corrected chi connectivity index (χ1v) is 8.62. The molecule has 8 nitrogen and oxygen atoms in total. The van der Waals surface area contributed by atoms with Crippen LogP contribution in [0.1, 0.15) is 41.1 Å². The van der Waals surface area contributed by atoms with Crippen LogP contribution in [0.25, 0.3) is 10.9 Å². The number of nitrogens with zero attached hydrogens (tertiary/aromatic N) is 2. The molecule has 1 aromatic carbocycles. The Morgan fingerprint density at radius 1 is 1.42 bits per heavy atom. The zero-order chi connectivity index (χ0) is 17.9. The van der Waals surface area contributed by atoms with E-state index in [0.717, 1.165) is 36.1 Å². The van der Waals surface area contributed by atoms with Crippen LogP contribution in [0.15, 0.2) is 28.8 Å². The van der Waals surface area contributed by atoms with Crippen LogP contribution in [-0.2, 0) is 11.2 Å². The van der Waals surface area contributed by atoms with Crippen molar-refractivity contribution >= 4 is 16.8 Å². The van der Waals surface area contributed by atoms with Gasteiger partial charge in [-0.25, -0.2) is 0 Å². The second kappa shape index (κ2) is 7.17. The molecule has 8 heteroatoms. The maximum absolute atomic E-state index is 12.3. The highest BCUT2D eigenvalue weighted by Crippen LogP contribution is 2.27. The Balaban J connectivity index is 1.33. The number of amides is 1. The molecule has 0 saturated carbocycles. The molecule has 4 rings (SSSR count). The summed E-state index contributed by atoms with van der Waals surface area (Å²) in [5, 5.41) is 7.73. The molecule has 2 N–H and O–H groups in total. The monoisotopic (exact) mass is 356 g/mol. The van der Waals surface area contributed by atoms with Crippen molar-refractivity contribution in [3.8, 4) is 5.75 Å². The number of ether oxygens (including phenoxy) is 2. The normalized spacial score (nSPS) is 16.9. The summed E-state index contributed by atoms with van der Waals surface area (Å²) in [6.45, 7) is 1.15.